The van der Waals surface area contributed by atoms with Crippen molar-refractivity contribution >= 4 is 39.8 Å². The van der Waals surface area contributed by atoms with Crippen molar-refractivity contribution in [2.75, 3.05) is 7.11 Å². The molecular weight excluding hydrogens is 482 g/mol. The molecule has 4 aromatic rings. The molecule has 4 rings (SSSR count). The first kappa shape index (κ1) is 22.5. The smallest absolute Gasteiger partial charge is 0.346 e. The lowest BCUT2D eigenvalue weighted by Gasteiger charge is -2.14. The fourth-order valence-corrected chi connectivity index (χ4v) is 4.26. The van der Waals surface area contributed by atoms with Crippen LogP contribution in [0, 0.1) is 11.6 Å². The van der Waals surface area contributed by atoms with Gasteiger partial charge in [0.05, 0.1) is 34.3 Å². The van der Waals surface area contributed by atoms with Crippen LogP contribution in [0.1, 0.15) is 15.2 Å². The number of hydrogen-bond acceptors (Lipinski definition) is 6. The van der Waals surface area contributed by atoms with E-state index < -0.39 is 34.5 Å². The molecule has 0 radical (unpaired) electrons. The Bertz CT molecular complexity index is 1530. The Balaban J connectivity index is 1.78. The average molecular weight is 495 g/mol. The van der Waals surface area contributed by atoms with Crippen LogP contribution in [-0.4, -0.2) is 27.7 Å². The quantitative estimate of drug-likeness (QED) is 0.420. The van der Waals surface area contributed by atoms with Gasteiger partial charge in [-0.15, -0.1) is 11.3 Å². The van der Waals surface area contributed by atoms with Crippen molar-refractivity contribution in [1.82, 2.24) is 9.55 Å². The lowest BCUT2D eigenvalue weighted by Crippen LogP contribution is -2.34. The van der Waals surface area contributed by atoms with E-state index in [-0.39, 0.29) is 44.5 Å². The van der Waals surface area contributed by atoms with E-state index in [1.807, 2.05) is 0 Å². The summed E-state index contributed by atoms with van der Waals surface area (Å²) in [6.07, 6.45) is 0. The maximum Gasteiger partial charge on any atom is 0.346 e. The van der Waals surface area contributed by atoms with Gasteiger partial charge in [0, 0.05) is 11.4 Å². The standard InChI is InChI=1S/C21H13ClF2N2O6S/c1-31-15-5-4-12(24)17(22)10(15)7-32-9-2-3-11(23)14(6-9)26-19(27)16-13(25-21(26)30)8-33-18(16)20(28)29/h2-6,8H,7H2,1H3,(H,25,30)(H,28,29). The van der Waals surface area contributed by atoms with Crippen LogP contribution in [0.4, 0.5) is 8.78 Å². The Morgan fingerprint density at radius 3 is 2.64 bits per heavy atom. The van der Waals surface area contributed by atoms with E-state index in [0.29, 0.717) is 4.57 Å². The lowest BCUT2D eigenvalue weighted by molar-refractivity contribution is 0.0704. The third-order valence-corrected chi connectivity index (χ3v) is 6.14. The number of fused-ring (bicyclic) bond motifs is 1. The van der Waals surface area contributed by atoms with Crippen molar-refractivity contribution in [2.45, 2.75) is 6.61 Å². The monoisotopic (exact) mass is 494 g/mol. The van der Waals surface area contributed by atoms with E-state index in [2.05, 4.69) is 4.98 Å². The molecular formula is C21H13ClF2N2O6S. The fraction of sp³-hybridized carbons (Fsp3) is 0.0952. The molecule has 8 nitrogen and oxygen atoms in total. The topological polar surface area (TPSA) is 111 Å². The molecule has 0 aliphatic rings. The Labute approximate surface area is 192 Å². The van der Waals surface area contributed by atoms with Crippen molar-refractivity contribution < 1.29 is 28.2 Å². The summed E-state index contributed by atoms with van der Waals surface area (Å²) in [7, 11) is 1.37. The van der Waals surface area contributed by atoms with Crippen LogP contribution in [0.3, 0.4) is 0 Å². The fourth-order valence-electron chi connectivity index (χ4n) is 3.22. The van der Waals surface area contributed by atoms with Crippen molar-refractivity contribution in [2.24, 2.45) is 0 Å². The molecule has 12 heteroatoms. The number of ether oxygens (including phenoxy) is 2. The minimum atomic E-state index is -1.36. The number of H-pyrrole nitrogens is 1. The molecule has 0 saturated heterocycles. The molecule has 2 aromatic heterocycles. The normalized spacial score (nSPS) is 11.0. The number of carboxylic acids is 1. The predicted octanol–water partition coefficient (Wildman–Crippen LogP) is 3.96. The summed E-state index contributed by atoms with van der Waals surface area (Å²) in [5, 5.41) is 10.2. The molecule has 33 heavy (non-hydrogen) atoms. The third kappa shape index (κ3) is 3.96. The summed E-state index contributed by atoms with van der Waals surface area (Å²) in [6.45, 7) is -0.261. The highest BCUT2D eigenvalue weighted by Gasteiger charge is 2.21. The Hall–Kier alpha value is -3.70. The number of methoxy groups -OCH3 is 1. The molecule has 0 amide bonds. The van der Waals surface area contributed by atoms with Crippen LogP contribution in [0.2, 0.25) is 5.02 Å². The molecule has 2 N–H and O–H groups in total. The van der Waals surface area contributed by atoms with E-state index >= 15 is 0 Å². The second kappa shape index (κ2) is 8.68. The number of thiophene rings is 1. The first-order valence-corrected chi connectivity index (χ1v) is 10.4. The molecule has 0 aliphatic carbocycles. The summed E-state index contributed by atoms with van der Waals surface area (Å²) < 4.78 is 39.7. The van der Waals surface area contributed by atoms with Gasteiger partial charge in [-0.3, -0.25) is 4.79 Å². The number of benzene rings is 2. The van der Waals surface area contributed by atoms with Crippen molar-refractivity contribution in [3.05, 3.63) is 83.6 Å². The van der Waals surface area contributed by atoms with Gasteiger partial charge in [0.25, 0.3) is 5.56 Å². The molecule has 0 unspecified atom stereocenters. The van der Waals surface area contributed by atoms with E-state index in [1.54, 1.807) is 0 Å². The van der Waals surface area contributed by atoms with Gasteiger partial charge >= 0.3 is 11.7 Å². The number of halogens is 3. The van der Waals surface area contributed by atoms with E-state index in [4.69, 9.17) is 21.1 Å². The van der Waals surface area contributed by atoms with E-state index in [1.165, 1.54) is 24.6 Å². The van der Waals surface area contributed by atoms with Crippen LogP contribution in [-0.2, 0) is 6.61 Å². The second-order valence-corrected chi connectivity index (χ2v) is 7.93. The molecule has 0 bridgehead atoms. The summed E-state index contributed by atoms with van der Waals surface area (Å²) in [4.78, 5) is 39.0. The van der Waals surface area contributed by atoms with Crippen molar-refractivity contribution in [1.29, 1.82) is 0 Å². The van der Waals surface area contributed by atoms with Gasteiger partial charge in [-0.25, -0.2) is 22.9 Å². The summed E-state index contributed by atoms with van der Waals surface area (Å²) in [5.74, 6) is -2.68. The molecule has 0 spiro atoms. The molecule has 0 saturated carbocycles. The largest absolute Gasteiger partial charge is 0.496 e. The number of nitrogens with one attached hydrogen (secondary N) is 1. The van der Waals surface area contributed by atoms with Gasteiger partial charge < -0.3 is 19.6 Å². The summed E-state index contributed by atoms with van der Waals surface area (Å²) >= 11 is 6.75. The maximum absolute atomic E-state index is 14.6. The number of carboxylic acid groups (broad SMARTS) is 1. The van der Waals surface area contributed by atoms with Crippen LogP contribution in [0.15, 0.2) is 45.3 Å². The van der Waals surface area contributed by atoms with E-state index in [0.717, 1.165) is 29.5 Å². The minimum Gasteiger partial charge on any atom is -0.496 e. The Kier molecular flexibility index (Phi) is 5.91. The summed E-state index contributed by atoms with van der Waals surface area (Å²) in [5.41, 5.74) is -2.19. The number of rotatable bonds is 6. The number of aromatic carboxylic acids is 1. The zero-order chi connectivity index (χ0) is 23.9. The average Bonchev–Trinajstić information content (AvgIpc) is 3.21. The zero-order valence-corrected chi connectivity index (χ0v) is 18.2. The lowest BCUT2D eigenvalue weighted by atomic mass is 10.2. The first-order valence-electron chi connectivity index (χ1n) is 9.16. The number of hydrogen-bond donors (Lipinski definition) is 2. The van der Waals surface area contributed by atoms with Gasteiger partial charge in [-0.1, -0.05) is 11.6 Å². The minimum absolute atomic E-state index is 0.0314. The second-order valence-electron chi connectivity index (χ2n) is 6.67. The highest BCUT2D eigenvalue weighted by Crippen LogP contribution is 2.31. The molecule has 2 heterocycles. The predicted molar refractivity (Wildman–Crippen MR) is 117 cm³/mol. The van der Waals surface area contributed by atoms with Gasteiger partial charge in [0.15, 0.2) is 0 Å². The van der Waals surface area contributed by atoms with E-state index in [9.17, 15) is 28.3 Å². The molecule has 2 aromatic carbocycles. The number of aromatic amines is 1. The highest BCUT2D eigenvalue weighted by atomic mass is 35.5. The summed E-state index contributed by atoms with van der Waals surface area (Å²) in [6, 6.07) is 5.79. The highest BCUT2D eigenvalue weighted by molar-refractivity contribution is 7.13. The molecule has 0 fully saturated rings. The maximum atomic E-state index is 14.6. The van der Waals surface area contributed by atoms with Crippen LogP contribution < -0.4 is 20.7 Å². The molecule has 170 valence electrons. The molecule has 0 aliphatic heterocycles. The number of aromatic nitrogens is 2. The van der Waals surface area contributed by atoms with Crippen LogP contribution in [0.25, 0.3) is 16.6 Å². The number of carbonyl (C=O) groups is 1. The van der Waals surface area contributed by atoms with Gasteiger partial charge in [-0.2, -0.15) is 0 Å². The number of nitrogens with zero attached hydrogens (tertiary/aromatic N) is 1. The Morgan fingerprint density at radius 1 is 1.21 bits per heavy atom. The molecule has 0 atom stereocenters. The van der Waals surface area contributed by atoms with Crippen molar-refractivity contribution in [3.8, 4) is 17.2 Å². The van der Waals surface area contributed by atoms with Gasteiger partial charge in [0.2, 0.25) is 0 Å². The van der Waals surface area contributed by atoms with Crippen molar-refractivity contribution in [3.63, 3.8) is 0 Å². The zero-order valence-electron chi connectivity index (χ0n) is 16.6. The van der Waals surface area contributed by atoms with Crippen LogP contribution in [0.5, 0.6) is 11.5 Å². The van der Waals surface area contributed by atoms with Gasteiger partial charge in [-0.05, 0) is 24.3 Å². The Morgan fingerprint density at radius 2 is 1.94 bits per heavy atom. The third-order valence-electron chi connectivity index (χ3n) is 4.76. The van der Waals surface area contributed by atoms with Gasteiger partial charge in [0.1, 0.15) is 34.6 Å². The van der Waals surface area contributed by atoms with Crippen LogP contribution >= 0.6 is 22.9 Å². The SMILES string of the molecule is COc1ccc(F)c(Cl)c1COc1ccc(F)c(-n2c(=O)[nH]c3csc(C(=O)O)c3c2=O)c1. The first-order chi connectivity index (χ1) is 15.7.